The molecular weight excluding hydrogens is 430 g/mol. The Hall–Kier alpha value is -2.12. The Bertz CT molecular complexity index is 999. The Labute approximate surface area is 170 Å². The summed E-state index contributed by atoms with van der Waals surface area (Å²) in [5.74, 6) is -0.735. The lowest BCUT2D eigenvalue weighted by molar-refractivity contribution is -0.141. The van der Waals surface area contributed by atoms with Crippen LogP contribution < -0.4 is 0 Å². The molecule has 27 heavy (non-hydrogen) atoms. The van der Waals surface area contributed by atoms with Gasteiger partial charge < -0.3 is 14.0 Å². The Morgan fingerprint density at radius 2 is 1.85 bits per heavy atom. The van der Waals surface area contributed by atoms with Crippen LogP contribution in [0.5, 0.6) is 0 Å². The molecule has 0 saturated carbocycles. The fourth-order valence-corrected chi connectivity index (χ4v) is 4.71. The molecule has 3 rings (SSSR count). The van der Waals surface area contributed by atoms with E-state index in [0.29, 0.717) is 4.88 Å². The number of hydrogen-bond acceptors (Lipinski definition) is 5. The number of carbonyl (C=O) groups is 2. The van der Waals surface area contributed by atoms with Crippen molar-refractivity contribution in [1.82, 2.24) is 4.57 Å². The predicted molar refractivity (Wildman–Crippen MR) is 110 cm³/mol. The third-order valence-electron chi connectivity index (χ3n) is 3.85. The van der Waals surface area contributed by atoms with Gasteiger partial charge in [0.15, 0.2) is 0 Å². The fraction of sp³-hybridized carbons (Fsp3) is 0.300. The summed E-state index contributed by atoms with van der Waals surface area (Å²) in [5, 5.41) is 0. The molecule has 0 unspecified atom stereocenters. The van der Waals surface area contributed by atoms with Crippen molar-refractivity contribution in [3.05, 3.63) is 45.9 Å². The van der Waals surface area contributed by atoms with E-state index in [1.807, 2.05) is 55.7 Å². The van der Waals surface area contributed by atoms with Gasteiger partial charge in [-0.2, -0.15) is 0 Å². The maximum absolute atomic E-state index is 12.5. The van der Waals surface area contributed by atoms with Gasteiger partial charge in [-0.3, -0.25) is 4.79 Å². The first-order chi connectivity index (χ1) is 12.7. The first-order valence-electron chi connectivity index (χ1n) is 8.38. The van der Waals surface area contributed by atoms with Crippen molar-refractivity contribution in [2.45, 2.75) is 32.9 Å². The Morgan fingerprint density at radius 3 is 2.44 bits per heavy atom. The van der Waals surface area contributed by atoms with Crippen LogP contribution in [0.2, 0.25) is 0 Å². The van der Waals surface area contributed by atoms with Crippen molar-refractivity contribution < 1.29 is 19.1 Å². The number of ether oxygens (including phenoxy) is 2. The lowest BCUT2D eigenvalue weighted by Crippen LogP contribution is -2.23. The van der Waals surface area contributed by atoms with E-state index in [9.17, 15) is 9.59 Å². The van der Waals surface area contributed by atoms with Crippen LogP contribution in [-0.2, 0) is 20.8 Å². The molecule has 5 nitrogen and oxygen atoms in total. The minimum atomic E-state index is -0.574. The number of fused-ring (bicyclic) bond motifs is 1. The van der Waals surface area contributed by atoms with Crippen molar-refractivity contribution >= 4 is 49.4 Å². The third kappa shape index (κ3) is 4.09. The molecule has 0 aliphatic rings. The van der Waals surface area contributed by atoms with Gasteiger partial charge in [-0.15, -0.1) is 11.3 Å². The van der Waals surface area contributed by atoms with Crippen LogP contribution in [-0.4, -0.2) is 29.2 Å². The number of hydrogen-bond donors (Lipinski definition) is 0. The number of carbonyl (C=O) groups excluding carboxylic acids is 2. The topological polar surface area (TPSA) is 57.5 Å². The summed E-state index contributed by atoms with van der Waals surface area (Å²) >= 11 is 4.98. The first kappa shape index (κ1) is 19.6. The molecule has 0 bridgehead atoms. The molecule has 0 atom stereocenters. The molecule has 142 valence electrons. The van der Waals surface area contributed by atoms with Crippen molar-refractivity contribution in [1.29, 1.82) is 0 Å². The van der Waals surface area contributed by atoms with E-state index in [-0.39, 0.29) is 18.5 Å². The standard InChI is InChI=1S/C20H20BrNO4S/c1-20(2,3)26-19(24)14-10-13-17(27-14)16(12-8-6-5-7-9-12)18(21)22(13)11-15(23)25-4/h5-10H,11H2,1-4H3. The summed E-state index contributed by atoms with van der Waals surface area (Å²) < 4.78 is 13.8. The van der Waals surface area contributed by atoms with Crippen LogP contribution in [0, 0.1) is 0 Å². The average molecular weight is 450 g/mol. The largest absolute Gasteiger partial charge is 0.468 e. The van der Waals surface area contributed by atoms with E-state index >= 15 is 0 Å². The molecule has 0 radical (unpaired) electrons. The van der Waals surface area contributed by atoms with E-state index in [4.69, 9.17) is 9.47 Å². The number of thiophene rings is 1. The van der Waals surface area contributed by atoms with Crippen LogP contribution >= 0.6 is 27.3 Å². The van der Waals surface area contributed by atoms with Gasteiger partial charge in [0.05, 0.1) is 21.9 Å². The van der Waals surface area contributed by atoms with Crippen LogP contribution in [0.15, 0.2) is 41.0 Å². The molecule has 0 aliphatic carbocycles. The second kappa shape index (κ2) is 7.48. The normalized spacial score (nSPS) is 11.6. The molecule has 2 heterocycles. The van der Waals surface area contributed by atoms with Gasteiger partial charge in [-0.25, -0.2) is 4.79 Å². The predicted octanol–water partition coefficient (Wildman–Crippen LogP) is 5.26. The van der Waals surface area contributed by atoms with Gasteiger partial charge >= 0.3 is 11.9 Å². The number of methoxy groups -OCH3 is 1. The minimum absolute atomic E-state index is 0.0465. The zero-order chi connectivity index (χ0) is 19.8. The monoisotopic (exact) mass is 449 g/mol. The highest BCUT2D eigenvalue weighted by molar-refractivity contribution is 9.10. The minimum Gasteiger partial charge on any atom is -0.468 e. The maximum atomic E-state index is 12.5. The summed E-state index contributed by atoms with van der Waals surface area (Å²) in [4.78, 5) is 24.9. The molecule has 0 fully saturated rings. The van der Waals surface area contributed by atoms with Crippen molar-refractivity contribution in [3.63, 3.8) is 0 Å². The quantitative estimate of drug-likeness (QED) is 0.509. The van der Waals surface area contributed by atoms with Crippen molar-refractivity contribution in [3.8, 4) is 11.1 Å². The number of benzene rings is 1. The van der Waals surface area contributed by atoms with Gasteiger partial charge in [0.2, 0.25) is 0 Å². The summed E-state index contributed by atoms with van der Waals surface area (Å²) in [7, 11) is 1.36. The number of halogens is 1. The molecule has 0 saturated heterocycles. The summed E-state index contributed by atoms with van der Waals surface area (Å²) in [6, 6.07) is 11.6. The first-order valence-corrected chi connectivity index (χ1v) is 9.99. The second-order valence-electron chi connectivity index (χ2n) is 7.02. The summed E-state index contributed by atoms with van der Waals surface area (Å²) in [6.07, 6.45) is 0. The van der Waals surface area contributed by atoms with Crippen LogP contribution in [0.4, 0.5) is 0 Å². The highest BCUT2D eigenvalue weighted by Gasteiger charge is 2.25. The molecule has 0 amide bonds. The van der Waals surface area contributed by atoms with E-state index in [1.54, 1.807) is 6.07 Å². The smallest absolute Gasteiger partial charge is 0.348 e. The molecule has 1 aromatic carbocycles. The molecule has 0 aliphatic heterocycles. The molecule has 0 spiro atoms. The summed E-state index contributed by atoms with van der Waals surface area (Å²) in [5.41, 5.74) is 2.15. The molecule has 7 heteroatoms. The Balaban J connectivity index is 2.17. The number of rotatable bonds is 4. The van der Waals surface area contributed by atoms with Gasteiger partial charge in [0, 0.05) is 5.56 Å². The van der Waals surface area contributed by atoms with Gasteiger partial charge in [-0.05, 0) is 48.3 Å². The van der Waals surface area contributed by atoms with E-state index < -0.39 is 5.60 Å². The Kier molecular flexibility index (Phi) is 5.44. The number of nitrogens with zero attached hydrogens (tertiary/aromatic N) is 1. The number of aromatic nitrogens is 1. The third-order valence-corrected chi connectivity index (χ3v) is 5.80. The maximum Gasteiger partial charge on any atom is 0.348 e. The lowest BCUT2D eigenvalue weighted by atomic mass is 10.1. The molecule has 2 aromatic heterocycles. The van der Waals surface area contributed by atoms with Gasteiger partial charge in [0.1, 0.15) is 17.0 Å². The summed E-state index contributed by atoms with van der Waals surface area (Å²) in [6.45, 7) is 5.55. The van der Waals surface area contributed by atoms with E-state index in [1.165, 1.54) is 18.4 Å². The van der Waals surface area contributed by atoms with Gasteiger partial charge in [0.25, 0.3) is 0 Å². The van der Waals surface area contributed by atoms with Gasteiger partial charge in [-0.1, -0.05) is 30.3 Å². The van der Waals surface area contributed by atoms with E-state index in [0.717, 1.165) is 25.9 Å². The van der Waals surface area contributed by atoms with Crippen LogP contribution in [0.25, 0.3) is 21.3 Å². The van der Waals surface area contributed by atoms with Crippen molar-refractivity contribution in [2.75, 3.05) is 7.11 Å². The SMILES string of the molecule is COC(=O)Cn1c(Br)c(-c2ccccc2)c2sc(C(=O)OC(C)(C)C)cc21. The zero-order valence-electron chi connectivity index (χ0n) is 15.5. The van der Waals surface area contributed by atoms with Crippen molar-refractivity contribution in [2.24, 2.45) is 0 Å². The Morgan fingerprint density at radius 1 is 1.19 bits per heavy atom. The highest BCUT2D eigenvalue weighted by atomic mass is 79.9. The fourth-order valence-electron chi connectivity index (χ4n) is 2.73. The van der Waals surface area contributed by atoms with Crippen LogP contribution in [0.3, 0.4) is 0 Å². The number of esters is 2. The molecular formula is C20H20BrNO4S. The second-order valence-corrected chi connectivity index (χ2v) is 8.82. The molecule has 0 N–H and O–H groups in total. The zero-order valence-corrected chi connectivity index (χ0v) is 17.9. The lowest BCUT2D eigenvalue weighted by Gasteiger charge is -2.18. The van der Waals surface area contributed by atoms with Crippen LogP contribution in [0.1, 0.15) is 30.4 Å². The highest BCUT2D eigenvalue weighted by Crippen LogP contribution is 2.43. The average Bonchev–Trinajstić information content (AvgIpc) is 3.13. The van der Waals surface area contributed by atoms with E-state index in [2.05, 4.69) is 15.9 Å². The molecule has 3 aromatic rings.